The van der Waals surface area contributed by atoms with Crippen molar-refractivity contribution in [1.29, 1.82) is 0 Å². The van der Waals surface area contributed by atoms with Gasteiger partial charge in [-0.3, -0.25) is 0 Å². The van der Waals surface area contributed by atoms with Gasteiger partial charge in [0, 0.05) is 6.54 Å². The lowest BCUT2D eigenvalue weighted by Crippen LogP contribution is -2.06. The van der Waals surface area contributed by atoms with Gasteiger partial charge < -0.3 is 10.5 Å². The first-order chi connectivity index (χ1) is 8.56. The van der Waals surface area contributed by atoms with Crippen LogP contribution in [0.4, 0.5) is 0 Å². The molecule has 5 nitrogen and oxygen atoms in total. The van der Waals surface area contributed by atoms with Crippen molar-refractivity contribution in [3.63, 3.8) is 0 Å². The summed E-state index contributed by atoms with van der Waals surface area (Å²) < 4.78 is 4.70. The standard InChI is InChI=1S/C12H12ClN3O2/c1-6-3-8-9(4-7(6)12(17)18-2)16-11(13)10(5-14)15-8/h3-4H,5,14H2,1-2H3. The van der Waals surface area contributed by atoms with Crippen LogP contribution in [-0.4, -0.2) is 23.0 Å². The van der Waals surface area contributed by atoms with Crippen LogP contribution in [0.25, 0.3) is 11.0 Å². The molecule has 1 aromatic heterocycles. The fourth-order valence-electron chi connectivity index (χ4n) is 1.68. The Hall–Kier alpha value is -1.72. The van der Waals surface area contributed by atoms with Gasteiger partial charge in [-0.1, -0.05) is 11.6 Å². The van der Waals surface area contributed by atoms with Crippen molar-refractivity contribution in [2.45, 2.75) is 13.5 Å². The number of carbonyl (C=O) groups excluding carboxylic acids is 1. The van der Waals surface area contributed by atoms with Crippen molar-refractivity contribution >= 4 is 28.6 Å². The van der Waals surface area contributed by atoms with Crippen LogP contribution in [0.15, 0.2) is 12.1 Å². The molecule has 0 fully saturated rings. The van der Waals surface area contributed by atoms with Gasteiger partial charge in [-0.25, -0.2) is 14.8 Å². The van der Waals surface area contributed by atoms with E-state index in [9.17, 15) is 4.79 Å². The molecule has 1 heterocycles. The van der Waals surface area contributed by atoms with E-state index in [0.29, 0.717) is 22.3 Å². The Morgan fingerprint density at radius 1 is 1.39 bits per heavy atom. The molecule has 18 heavy (non-hydrogen) atoms. The van der Waals surface area contributed by atoms with E-state index in [4.69, 9.17) is 22.1 Å². The minimum atomic E-state index is -0.407. The van der Waals surface area contributed by atoms with Crippen LogP contribution >= 0.6 is 11.6 Å². The summed E-state index contributed by atoms with van der Waals surface area (Å²) in [5.41, 5.74) is 8.48. The van der Waals surface area contributed by atoms with E-state index in [0.717, 1.165) is 5.56 Å². The van der Waals surface area contributed by atoms with Gasteiger partial charge in [-0.2, -0.15) is 0 Å². The number of esters is 1. The number of carbonyl (C=O) groups is 1. The Labute approximate surface area is 109 Å². The summed E-state index contributed by atoms with van der Waals surface area (Å²) in [6, 6.07) is 3.39. The second-order valence-electron chi connectivity index (χ2n) is 3.81. The van der Waals surface area contributed by atoms with E-state index in [1.165, 1.54) is 7.11 Å². The number of hydrogen-bond donors (Lipinski definition) is 1. The second-order valence-corrected chi connectivity index (χ2v) is 4.17. The number of benzene rings is 1. The average molecular weight is 266 g/mol. The van der Waals surface area contributed by atoms with E-state index in [-0.39, 0.29) is 11.7 Å². The molecule has 94 valence electrons. The van der Waals surface area contributed by atoms with Crippen LogP contribution in [-0.2, 0) is 11.3 Å². The monoisotopic (exact) mass is 265 g/mol. The lowest BCUT2D eigenvalue weighted by Gasteiger charge is -2.07. The number of hydrogen-bond acceptors (Lipinski definition) is 5. The summed E-state index contributed by atoms with van der Waals surface area (Å²) in [5.74, 6) is -0.407. The largest absolute Gasteiger partial charge is 0.465 e. The van der Waals surface area contributed by atoms with Crippen LogP contribution in [0, 0.1) is 6.92 Å². The van der Waals surface area contributed by atoms with E-state index in [1.807, 2.05) is 6.92 Å². The predicted octanol–water partition coefficient (Wildman–Crippen LogP) is 1.84. The van der Waals surface area contributed by atoms with E-state index in [2.05, 4.69) is 9.97 Å². The van der Waals surface area contributed by atoms with Gasteiger partial charge in [-0.05, 0) is 24.6 Å². The zero-order valence-corrected chi connectivity index (χ0v) is 10.8. The van der Waals surface area contributed by atoms with Crippen molar-refractivity contribution in [2.75, 3.05) is 7.11 Å². The molecular weight excluding hydrogens is 254 g/mol. The number of rotatable bonds is 2. The summed E-state index contributed by atoms with van der Waals surface area (Å²) in [5, 5.41) is 0.254. The van der Waals surface area contributed by atoms with Crippen LogP contribution in [0.5, 0.6) is 0 Å². The third kappa shape index (κ3) is 2.14. The van der Waals surface area contributed by atoms with Gasteiger partial charge in [0.2, 0.25) is 0 Å². The van der Waals surface area contributed by atoms with Gasteiger partial charge in [-0.15, -0.1) is 0 Å². The zero-order valence-electron chi connectivity index (χ0n) is 10.0. The molecule has 0 radical (unpaired) electrons. The van der Waals surface area contributed by atoms with Crippen molar-refractivity contribution in [2.24, 2.45) is 5.73 Å². The van der Waals surface area contributed by atoms with Gasteiger partial charge in [0.1, 0.15) is 0 Å². The Morgan fingerprint density at radius 3 is 2.67 bits per heavy atom. The molecule has 2 rings (SSSR count). The number of ether oxygens (including phenoxy) is 1. The third-order valence-electron chi connectivity index (χ3n) is 2.63. The highest BCUT2D eigenvalue weighted by Gasteiger charge is 2.13. The van der Waals surface area contributed by atoms with Gasteiger partial charge in [0.15, 0.2) is 5.15 Å². The first-order valence-electron chi connectivity index (χ1n) is 5.32. The van der Waals surface area contributed by atoms with Gasteiger partial charge in [0.25, 0.3) is 0 Å². The first kappa shape index (κ1) is 12.7. The number of halogens is 1. The molecule has 0 aliphatic heterocycles. The number of aryl methyl sites for hydroxylation is 1. The lowest BCUT2D eigenvalue weighted by molar-refractivity contribution is 0.0600. The molecule has 0 amide bonds. The summed E-state index contributed by atoms with van der Waals surface area (Å²) >= 11 is 5.94. The molecule has 0 saturated heterocycles. The summed E-state index contributed by atoms with van der Waals surface area (Å²) in [7, 11) is 1.34. The predicted molar refractivity (Wildman–Crippen MR) is 68.5 cm³/mol. The van der Waals surface area contributed by atoms with Crippen LogP contribution in [0.2, 0.25) is 5.15 Å². The highest BCUT2D eigenvalue weighted by molar-refractivity contribution is 6.30. The number of fused-ring (bicyclic) bond motifs is 1. The Bertz CT molecular complexity index is 628. The zero-order chi connectivity index (χ0) is 13.3. The quantitative estimate of drug-likeness (QED) is 0.838. The first-order valence-corrected chi connectivity index (χ1v) is 5.69. The highest BCUT2D eigenvalue weighted by Crippen LogP contribution is 2.21. The van der Waals surface area contributed by atoms with E-state index < -0.39 is 5.97 Å². The SMILES string of the molecule is COC(=O)c1cc2nc(Cl)c(CN)nc2cc1C. The Morgan fingerprint density at radius 2 is 2.06 bits per heavy atom. The third-order valence-corrected chi connectivity index (χ3v) is 2.94. The van der Waals surface area contributed by atoms with Crippen molar-refractivity contribution in [1.82, 2.24) is 9.97 Å². The minimum absolute atomic E-state index is 0.222. The molecule has 0 spiro atoms. The maximum atomic E-state index is 11.6. The topological polar surface area (TPSA) is 78.1 Å². The number of aromatic nitrogens is 2. The number of nitrogens with two attached hydrogens (primary N) is 1. The fourth-order valence-corrected chi connectivity index (χ4v) is 1.89. The maximum Gasteiger partial charge on any atom is 0.338 e. The lowest BCUT2D eigenvalue weighted by atomic mass is 10.1. The summed E-state index contributed by atoms with van der Waals surface area (Å²) in [6.45, 7) is 2.03. The molecule has 6 heteroatoms. The molecule has 0 aliphatic carbocycles. The molecule has 2 N–H and O–H groups in total. The molecule has 0 unspecified atom stereocenters. The van der Waals surface area contributed by atoms with Crippen molar-refractivity contribution < 1.29 is 9.53 Å². The molecule has 0 bridgehead atoms. The van der Waals surface area contributed by atoms with Gasteiger partial charge in [0.05, 0.1) is 29.4 Å². The molecule has 1 aromatic carbocycles. The second kappa shape index (κ2) is 4.88. The average Bonchev–Trinajstić information content (AvgIpc) is 2.37. The van der Waals surface area contributed by atoms with Crippen LogP contribution < -0.4 is 5.73 Å². The maximum absolute atomic E-state index is 11.6. The Kier molecular flexibility index (Phi) is 3.45. The minimum Gasteiger partial charge on any atom is -0.465 e. The molecule has 2 aromatic rings. The van der Waals surface area contributed by atoms with Crippen LogP contribution in [0.3, 0.4) is 0 Å². The fraction of sp³-hybridized carbons (Fsp3) is 0.250. The smallest absolute Gasteiger partial charge is 0.338 e. The van der Waals surface area contributed by atoms with Crippen molar-refractivity contribution in [3.8, 4) is 0 Å². The summed E-state index contributed by atoms with van der Waals surface area (Å²) in [4.78, 5) is 20.1. The van der Waals surface area contributed by atoms with E-state index >= 15 is 0 Å². The summed E-state index contributed by atoms with van der Waals surface area (Å²) in [6.07, 6.45) is 0. The van der Waals surface area contributed by atoms with Crippen LogP contribution in [0.1, 0.15) is 21.6 Å². The molecular formula is C12H12ClN3O2. The molecule has 0 atom stereocenters. The van der Waals surface area contributed by atoms with E-state index in [1.54, 1.807) is 12.1 Å². The van der Waals surface area contributed by atoms with Crippen molar-refractivity contribution in [3.05, 3.63) is 34.1 Å². The Balaban J connectivity index is 2.68. The number of methoxy groups -OCH3 is 1. The molecule has 0 saturated carbocycles. The number of nitrogens with zero attached hydrogens (tertiary/aromatic N) is 2. The highest BCUT2D eigenvalue weighted by atomic mass is 35.5. The van der Waals surface area contributed by atoms with Gasteiger partial charge >= 0.3 is 5.97 Å². The molecule has 0 aliphatic rings. The normalized spacial score (nSPS) is 10.7.